The third kappa shape index (κ3) is 4.04. The smallest absolute Gasteiger partial charge is 0.318 e. The summed E-state index contributed by atoms with van der Waals surface area (Å²) in [6, 6.07) is 8.56. The number of benzene rings is 1. The Morgan fingerprint density at radius 3 is 2.33 bits per heavy atom. The topological polar surface area (TPSA) is 58.6 Å². The summed E-state index contributed by atoms with van der Waals surface area (Å²) < 4.78 is 5.24. The van der Waals surface area contributed by atoms with E-state index < -0.39 is 6.04 Å². The van der Waals surface area contributed by atoms with Crippen LogP contribution in [-0.2, 0) is 9.53 Å². The summed E-state index contributed by atoms with van der Waals surface area (Å²) in [5, 5.41) is 2.87. The lowest BCUT2D eigenvalue weighted by atomic mass is 9.95. The van der Waals surface area contributed by atoms with Crippen LogP contribution in [0.25, 0.3) is 0 Å². The van der Waals surface area contributed by atoms with Crippen LogP contribution in [0, 0.1) is 5.92 Å². The number of morpholine rings is 1. The van der Waals surface area contributed by atoms with Crippen molar-refractivity contribution in [1.82, 2.24) is 10.2 Å². The highest BCUT2D eigenvalue weighted by molar-refractivity contribution is 5.90. The molecule has 1 aliphatic rings. The van der Waals surface area contributed by atoms with E-state index in [-0.39, 0.29) is 17.7 Å². The zero-order valence-electron chi connectivity index (χ0n) is 12.5. The van der Waals surface area contributed by atoms with Gasteiger partial charge in [0.25, 0.3) is 0 Å². The standard InChI is InChI=1S/C16H22N2O3/c1-12(2)15(19)14(13-6-4-3-5-7-13)17-16(20)18-8-10-21-11-9-18/h3-7,12,14H,8-11H2,1-2H3,(H,17,20). The molecule has 0 aromatic heterocycles. The Balaban J connectivity index is 2.12. The number of carbonyl (C=O) groups is 2. The first-order chi connectivity index (χ1) is 10.1. The largest absolute Gasteiger partial charge is 0.378 e. The Kier molecular flexibility index (Phi) is 5.33. The number of Topliss-reactive ketones (excluding diaryl/α,β-unsaturated/α-hetero) is 1. The minimum absolute atomic E-state index is 0.0165. The average molecular weight is 290 g/mol. The molecule has 1 aromatic carbocycles. The number of rotatable bonds is 4. The molecule has 1 fully saturated rings. The molecule has 0 bridgehead atoms. The molecular formula is C16H22N2O3. The normalized spacial score (nSPS) is 16.6. The predicted molar refractivity (Wildman–Crippen MR) is 80.0 cm³/mol. The Hall–Kier alpha value is -1.88. The van der Waals surface area contributed by atoms with Gasteiger partial charge in [0.05, 0.1) is 13.2 Å². The summed E-state index contributed by atoms with van der Waals surface area (Å²) in [7, 11) is 0. The Morgan fingerprint density at radius 1 is 1.14 bits per heavy atom. The van der Waals surface area contributed by atoms with Gasteiger partial charge in [-0.2, -0.15) is 0 Å². The molecule has 1 saturated heterocycles. The van der Waals surface area contributed by atoms with Gasteiger partial charge in [-0.3, -0.25) is 4.79 Å². The lowest BCUT2D eigenvalue weighted by molar-refractivity contribution is -0.123. The summed E-state index contributed by atoms with van der Waals surface area (Å²) >= 11 is 0. The van der Waals surface area contributed by atoms with Gasteiger partial charge in [-0.05, 0) is 5.56 Å². The number of urea groups is 1. The molecule has 1 N–H and O–H groups in total. The van der Waals surface area contributed by atoms with E-state index in [0.717, 1.165) is 5.56 Å². The van der Waals surface area contributed by atoms with Crippen molar-refractivity contribution in [2.75, 3.05) is 26.3 Å². The first-order valence-corrected chi connectivity index (χ1v) is 7.31. The molecule has 5 nitrogen and oxygen atoms in total. The Bertz CT molecular complexity index is 482. The number of hydrogen-bond acceptors (Lipinski definition) is 3. The molecular weight excluding hydrogens is 268 g/mol. The first-order valence-electron chi connectivity index (χ1n) is 7.31. The van der Waals surface area contributed by atoms with E-state index in [9.17, 15) is 9.59 Å². The summed E-state index contributed by atoms with van der Waals surface area (Å²) in [5.41, 5.74) is 0.817. The van der Waals surface area contributed by atoms with E-state index in [1.54, 1.807) is 4.90 Å². The van der Waals surface area contributed by atoms with Crippen LogP contribution in [0.2, 0.25) is 0 Å². The Labute approximate surface area is 125 Å². The molecule has 1 atom stereocenters. The second kappa shape index (κ2) is 7.22. The fourth-order valence-electron chi connectivity index (χ4n) is 2.28. The maximum Gasteiger partial charge on any atom is 0.318 e. The molecule has 2 rings (SSSR count). The molecule has 0 spiro atoms. The third-order valence-electron chi connectivity index (χ3n) is 3.55. The summed E-state index contributed by atoms with van der Waals surface area (Å²) in [4.78, 5) is 26.4. The average Bonchev–Trinajstić information content (AvgIpc) is 2.53. The highest BCUT2D eigenvalue weighted by Gasteiger charge is 2.27. The third-order valence-corrected chi connectivity index (χ3v) is 3.55. The zero-order valence-corrected chi connectivity index (χ0v) is 12.5. The van der Waals surface area contributed by atoms with Gasteiger partial charge in [0, 0.05) is 19.0 Å². The minimum Gasteiger partial charge on any atom is -0.378 e. The monoisotopic (exact) mass is 290 g/mol. The highest BCUT2D eigenvalue weighted by Crippen LogP contribution is 2.18. The second-order valence-corrected chi connectivity index (χ2v) is 5.45. The van der Waals surface area contributed by atoms with Crippen molar-refractivity contribution in [1.29, 1.82) is 0 Å². The fraction of sp³-hybridized carbons (Fsp3) is 0.500. The number of ketones is 1. The van der Waals surface area contributed by atoms with E-state index in [0.29, 0.717) is 26.3 Å². The van der Waals surface area contributed by atoms with Crippen molar-refractivity contribution < 1.29 is 14.3 Å². The van der Waals surface area contributed by atoms with Crippen LogP contribution in [0.3, 0.4) is 0 Å². The summed E-state index contributed by atoms with van der Waals surface area (Å²) in [5.74, 6) is -0.122. The maximum atomic E-state index is 12.4. The lowest BCUT2D eigenvalue weighted by Gasteiger charge is -2.29. The SMILES string of the molecule is CC(C)C(=O)C(NC(=O)N1CCOCC1)c1ccccc1. The van der Waals surface area contributed by atoms with Crippen LogP contribution in [0.4, 0.5) is 4.79 Å². The molecule has 1 aromatic rings. The summed E-state index contributed by atoms with van der Waals surface area (Å²) in [6.45, 7) is 5.90. The number of nitrogens with zero attached hydrogens (tertiary/aromatic N) is 1. The predicted octanol–water partition coefficient (Wildman–Crippen LogP) is 1.99. The van der Waals surface area contributed by atoms with Crippen LogP contribution in [-0.4, -0.2) is 43.0 Å². The van der Waals surface area contributed by atoms with Gasteiger partial charge < -0.3 is 15.0 Å². The molecule has 114 valence electrons. The molecule has 5 heteroatoms. The maximum absolute atomic E-state index is 12.4. The quantitative estimate of drug-likeness (QED) is 0.922. The zero-order chi connectivity index (χ0) is 15.2. The van der Waals surface area contributed by atoms with E-state index in [1.165, 1.54) is 0 Å². The molecule has 1 aliphatic heterocycles. The number of carbonyl (C=O) groups excluding carboxylic acids is 2. The first kappa shape index (κ1) is 15.5. The molecule has 0 radical (unpaired) electrons. The van der Waals surface area contributed by atoms with E-state index in [4.69, 9.17) is 4.74 Å². The lowest BCUT2D eigenvalue weighted by Crippen LogP contribution is -2.48. The van der Waals surface area contributed by atoms with Gasteiger partial charge in [0.15, 0.2) is 5.78 Å². The second-order valence-electron chi connectivity index (χ2n) is 5.45. The molecule has 21 heavy (non-hydrogen) atoms. The molecule has 2 amide bonds. The van der Waals surface area contributed by atoms with Crippen molar-refractivity contribution in [2.24, 2.45) is 5.92 Å². The number of hydrogen-bond donors (Lipinski definition) is 1. The molecule has 0 saturated carbocycles. The van der Waals surface area contributed by atoms with Crippen molar-refractivity contribution in [2.45, 2.75) is 19.9 Å². The van der Waals surface area contributed by atoms with Gasteiger partial charge >= 0.3 is 6.03 Å². The summed E-state index contributed by atoms with van der Waals surface area (Å²) in [6.07, 6.45) is 0. The van der Waals surface area contributed by atoms with Crippen LogP contribution in [0.5, 0.6) is 0 Å². The minimum atomic E-state index is -0.596. The van der Waals surface area contributed by atoms with E-state index >= 15 is 0 Å². The van der Waals surface area contributed by atoms with E-state index in [2.05, 4.69) is 5.32 Å². The number of amides is 2. The van der Waals surface area contributed by atoms with Crippen molar-refractivity contribution in [3.05, 3.63) is 35.9 Å². The van der Waals surface area contributed by atoms with Crippen molar-refractivity contribution >= 4 is 11.8 Å². The van der Waals surface area contributed by atoms with Crippen LogP contribution in [0.15, 0.2) is 30.3 Å². The number of nitrogens with one attached hydrogen (secondary N) is 1. The fourth-order valence-corrected chi connectivity index (χ4v) is 2.28. The van der Waals surface area contributed by atoms with Crippen LogP contribution in [0.1, 0.15) is 25.5 Å². The van der Waals surface area contributed by atoms with Gasteiger partial charge in [-0.25, -0.2) is 4.79 Å². The van der Waals surface area contributed by atoms with Gasteiger partial charge in [0.1, 0.15) is 6.04 Å². The highest BCUT2D eigenvalue weighted by atomic mass is 16.5. The van der Waals surface area contributed by atoms with Gasteiger partial charge in [0.2, 0.25) is 0 Å². The van der Waals surface area contributed by atoms with Crippen LogP contribution >= 0.6 is 0 Å². The molecule has 1 heterocycles. The van der Waals surface area contributed by atoms with Crippen LogP contribution < -0.4 is 5.32 Å². The van der Waals surface area contributed by atoms with Gasteiger partial charge in [-0.15, -0.1) is 0 Å². The van der Waals surface area contributed by atoms with Crippen molar-refractivity contribution in [3.8, 4) is 0 Å². The van der Waals surface area contributed by atoms with E-state index in [1.807, 2.05) is 44.2 Å². The number of ether oxygens (including phenoxy) is 1. The van der Waals surface area contributed by atoms with Crippen molar-refractivity contribution in [3.63, 3.8) is 0 Å². The van der Waals surface area contributed by atoms with Gasteiger partial charge in [-0.1, -0.05) is 44.2 Å². The molecule has 0 aliphatic carbocycles. The molecule has 1 unspecified atom stereocenters. The Morgan fingerprint density at radius 2 is 1.76 bits per heavy atom.